The van der Waals surface area contributed by atoms with Crippen LogP contribution in [0.15, 0.2) is 30.5 Å². The van der Waals surface area contributed by atoms with Crippen molar-refractivity contribution < 1.29 is 5.11 Å². The second kappa shape index (κ2) is 4.46. The minimum atomic E-state index is -0.285. The molecule has 0 spiro atoms. The first-order valence-corrected chi connectivity index (χ1v) is 4.25. The summed E-state index contributed by atoms with van der Waals surface area (Å²) in [7, 11) is 0. The average Bonchev–Trinajstić information content (AvgIpc) is 2.63. The van der Waals surface area contributed by atoms with Gasteiger partial charge in [-0.1, -0.05) is 12.1 Å². The van der Waals surface area contributed by atoms with Gasteiger partial charge in [0.1, 0.15) is 0 Å². The molecule has 1 aromatic heterocycles. The van der Waals surface area contributed by atoms with Crippen LogP contribution in [-0.2, 0) is 0 Å². The van der Waals surface area contributed by atoms with Gasteiger partial charge in [-0.3, -0.25) is 0 Å². The minimum Gasteiger partial charge on any atom is -0.394 e. The summed E-state index contributed by atoms with van der Waals surface area (Å²) in [5.41, 5.74) is 7.70. The molecule has 2 rings (SSSR count). The summed E-state index contributed by atoms with van der Waals surface area (Å²) in [5.74, 6) is 0. The van der Waals surface area contributed by atoms with Gasteiger partial charge in [0.25, 0.3) is 0 Å². The molecule has 1 aromatic carbocycles. The molecular formula is C10H13ClN2O. The predicted molar refractivity (Wildman–Crippen MR) is 59.6 cm³/mol. The largest absolute Gasteiger partial charge is 0.394 e. The number of nitrogens with one attached hydrogen (secondary N) is 1. The molecule has 0 amide bonds. The number of halogens is 1. The van der Waals surface area contributed by atoms with Crippen molar-refractivity contribution in [2.24, 2.45) is 5.73 Å². The van der Waals surface area contributed by atoms with Crippen LogP contribution < -0.4 is 5.73 Å². The van der Waals surface area contributed by atoms with Gasteiger partial charge in [-0.2, -0.15) is 0 Å². The zero-order valence-electron chi connectivity index (χ0n) is 7.60. The molecule has 1 atom stereocenters. The molecule has 0 fully saturated rings. The van der Waals surface area contributed by atoms with E-state index in [4.69, 9.17) is 10.8 Å². The van der Waals surface area contributed by atoms with E-state index < -0.39 is 0 Å². The number of H-pyrrole nitrogens is 1. The maximum atomic E-state index is 8.88. The highest BCUT2D eigenvalue weighted by molar-refractivity contribution is 5.85. The summed E-state index contributed by atoms with van der Waals surface area (Å²) in [6.07, 6.45) is 1.89. The number of aromatic amines is 1. The van der Waals surface area contributed by atoms with Crippen molar-refractivity contribution in [1.29, 1.82) is 0 Å². The number of hydrogen-bond acceptors (Lipinski definition) is 2. The van der Waals surface area contributed by atoms with E-state index in [0.29, 0.717) is 0 Å². The molecule has 0 radical (unpaired) electrons. The summed E-state index contributed by atoms with van der Waals surface area (Å²) in [5, 5.41) is 10.0. The summed E-state index contributed by atoms with van der Waals surface area (Å²) >= 11 is 0. The highest BCUT2D eigenvalue weighted by Gasteiger charge is 2.04. The van der Waals surface area contributed by atoms with E-state index in [1.54, 1.807) is 0 Å². The van der Waals surface area contributed by atoms with Crippen molar-refractivity contribution in [1.82, 2.24) is 4.98 Å². The lowest BCUT2D eigenvalue weighted by Gasteiger charge is -2.07. The van der Waals surface area contributed by atoms with Crippen LogP contribution in [0, 0.1) is 0 Å². The molecular weight excluding hydrogens is 200 g/mol. The monoisotopic (exact) mass is 212 g/mol. The van der Waals surface area contributed by atoms with Gasteiger partial charge in [0.15, 0.2) is 0 Å². The first kappa shape index (κ1) is 11.0. The molecule has 4 heteroatoms. The quantitative estimate of drug-likeness (QED) is 0.708. The summed E-state index contributed by atoms with van der Waals surface area (Å²) in [4.78, 5) is 3.10. The van der Waals surface area contributed by atoms with Gasteiger partial charge in [-0.15, -0.1) is 12.4 Å². The molecule has 2 aromatic rings. The topological polar surface area (TPSA) is 62.0 Å². The third kappa shape index (κ3) is 1.90. The second-order valence-electron chi connectivity index (χ2n) is 3.11. The smallest absolute Gasteiger partial charge is 0.0624 e. The number of aliphatic hydroxyl groups excluding tert-OH is 1. The molecule has 0 aliphatic rings. The van der Waals surface area contributed by atoms with Crippen molar-refractivity contribution in [3.63, 3.8) is 0 Å². The lowest BCUT2D eigenvalue weighted by atomic mass is 10.1. The van der Waals surface area contributed by atoms with Gasteiger partial charge in [-0.05, 0) is 23.1 Å². The van der Waals surface area contributed by atoms with Gasteiger partial charge in [0, 0.05) is 11.7 Å². The molecule has 4 N–H and O–H groups in total. The van der Waals surface area contributed by atoms with Crippen LogP contribution in [0.3, 0.4) is 0 Å². The Labute approximate surface area is 88.3 Å². The number of fused-ring (bicyclic) bond motifs is 1. The number of aromatic nitrogens is 1. The van der Waals surface area contributed by atoms with Crippen LogP contribution in [0.25, 0.3) is 10.9 Å². The van der Waals surface area contributed by atoms with Crippen LogP contribution in [0.1, 0.15) is 11.6 Å². The highest BCUT2D eigenvalue weighted by Crippen LogP contribution is 2.17. The standard InChI is InChI=1S/C10H12N2O.ClH/c11-9(6-13)8-2-1-7-3-4-12-10(7)5-8;/h1-5,9,12-13H,6,11H2;1H/t9-;/m0./s1. The van der Waals surface area contributed by atoms with E-state index in [1.807, 2.05) is 30.5 Å². The Kier molecular flexibility index (Phi) is 3.52. The Morgan fingerprint density at radius 1 is 1.36 bits per heavy atom. The molecule has 0 unspecified atom stereocenters. The number of rotatable bonds is 2. The van der Waals surface area contributed by atoms with Crippen molar-refractivity contribution >= 4 is 23.3 Å². The average molecular weight is 213 g/mol. The molecule has 3 nitrogen and oxygen atoms in total. The van der Waals surface area contributed by atoms with Gasteiger partial charge >= 0.3 is 0 Å². The Bertz CT molecular complexity index is 413. The van der Waals surface area contributed by atoms with Crippen LogP contribution in [0.4, 0.5) is 0 Å². The highest BCUT2D eigenvalue weighted by atomic mass is 35.5. The molecule has 76 valence electrons. The number of hydrogen-bond donors (Lipinski definition) is 3. The molecule has 0 aliphatic carbocycles. The summed E-state index contributed by atoms with van der Waals surface area (Å²) < 4.78 is 0. The van der Waals surface area contributed by atoms with Crippen molar-refractivity contribution in [2.75, 3.05) is 6.61 Å². The summed E-state index contributed by atoms with van der Waals surface area (Å²) in [6.45, 7) is -0.0216. The minimum absolute atomic E-state index is 0. The number of aliphatic hydroxyl groups is 1. The van der Waals surface area contributed by atoms with E-state index in [2.05, 4.69) is 4.98 Å². The van der Waals surface area contributed by atoms with Crippen molar-refractivity contribution in [3.05, 3.63) is 36.0 Å². The number of benzene rings is 1. The van der Waals surface area contributed by atoms with E-state index in [9.17, 15) is 0 Å². The third-order valence-electron chi connectivity index (χ3n) is 2.20. The third-order valence-corrected chi connectivity index (χ3v) is 2.20. The maximum Gasteiger partial charge on any atom is 0.0624 e. The van der Waals surface area contributed by atoms with E-state index in [1.165, 1.54) is 0 Å². The number of nitrogens with two attached hydrogens (primary N) is 1. The fourth-order valence-corrected chi connectivity index (χ4v) is 1.40. The van der Waals surface area contributed by atoms with Crippen LogP contribution >= 0.6 is 12.4 Å². The van der Waals surface area contributed by atoms with Gasteiger partial charge < -0.3 is 15.8 Å². The van der Waals surface area contributed by atoms with Gasteiger partial charge in [0.05, 0.1) is 12.6 Å². The fraction of sp³-hybridized carbons (Fsp3) is 0.200. The van der Waals surface area contributed by atoms with Crippen LogP contribution in [0.5, 0.6) is 0 Å². The van der Waals surface area contributed by atoms with Crippen molar-refractivity contribution in [2.45, 2.75) is 6.04 Å². The van der Waals surface area contributed by atoms with E-state index in [-0.39, 0.29) is 25.1 Å². The Hall–Kier alpha value is -1.03. The molecule has 0 saturated carbocycles. The van der Waals surface area contributed by atoms with Crippen LogP contribution in [-0.4, -0.2) is 16.7 Å². The van der Waals surface area contributed by atoms with E-state index >= 15 is 0 Å². The Morgan fingerprint density at radius 3 is 2.86 bits per heavy atom. The molecule has 0 bridgehead atoms. The Morgan fingerprint density at radius 2 is 2.14 bits per heavy atom. The lowest BCUT2D eigenvalue weighted by Crippen LogP contribution is -2.14. The Balaban J connectivity index is 0.000000980. The zero-order chi connectivity index (χ0) is 9.26. The lowest BCUT2D eigenvalue weighted by molar-refractivity contribution is 0.268. The summed E-state index contributed by atoms with van der Waals surface area (Å²) in [6, 6.07) is 7.63. The molecule has 0 saturated heterocycles. The predicted octanol–water partition coefficient (Wildman–Crippen LogP) is 1.58. The first-order chi connectivity index (χ1) is 6.31. The van der Waals surface area contributed by atoms with Gasteiger partial charge in [-0.25, -0.2) is 0 Å². The maximum absolute atomic E-state index is 8.88. The fourth-order valence-electron chi connectivity index (χ4n) is 1.40. The normalized spacial score (nSPS) is 12.4. The molecule has 1 heterocycles. The molecule has 14 heavy (non-hydrogen) atoms. The van der Waals surface area contributed by atoms with Crippen molar-refractivity contribution in [3.8, 4) is 0 Å². The zero-order valence-corrected chi connectivity index (χ0v) is 8.42. The van der Waals surface area contributed by atoms with E-state index in [0.717, 1.165) is 16.5 Å². The molecule has 0 aliphatic heterocycles. The van der Waals surface area contributed by atoms with Gasteiger partial charge in [0.2, 0.25) is 0 Å². The second-order valence-corrected chi connectivity index (χ2v) is 3.11. The SMILES string of the molecule is Cl.N[C@@H](CO)c1ccc2cc[nH]c2c1. The first-order valence-electron chi connectivity index (χ1n) is 4.25. The van der Waals surface area contributed by atoms with Crippen LogP contribution in [0.2, 0.25) is 0 Å².